The van der Waals surface area contributed by atoms with Crippen LogP contribution in [0.5, 0.6) is 0 Å². The second-order valence-electron chi connectivity index (χ2n) is 3.43. The number of hydrogen-bond acceptors (Lipinski definition) is 3. The summed E-state index contributed by atoms with van der Waals surface area (Å²) in [4.78, 5) is 15.0. The smallest absolute Gasteiger partial charge is 0.330 e. The number of hydrogen-bond donors (Lipinski definition) is 0. The van der Waals surface area contributed by atoms with E-state index in [4.69, 9.17) is 0 Å². The molecular weight excluding hydrogens is 221 g/mol. The molecule has 0 saturated carbocycles. The molecule has 0 spiro atoms. The highest BCUT2D eigenvalue weighted by Crippen LogP contribution is 2.18. The summed E-state index contributed by atoms with van der Waals surface area (Å²) < 4.78 is 18.1. The zero-order chi connectivity index (χ0) is 12.3. The number of carbonyl (C=O) groups excluding carboxylic acids is 1. The highest BCUT2D eigenvalue weighted by atomic mass is 19.1. The first-order valence-corrected chi connectivity index (χ1v) is 5.01. The van der Waals surface area contributed by atoms with Gasteiger partial charge in [0.1, 0.15) is 5.82 Å². The van der Waals surface area contributed by atoms with Crippen molar-refractivity contribution < 1.29 is 13.9 Å². The third-order valence-corrected chi connectivity index (χ3v) is 2.32. The molecule has 0 saturated heterocycles. The van der Waals surface area contributed by atoms with Crippen molar-refractivity contribution in [2.75, 3.05) is 7.11 Å². The Hall–Kier alpha value is -2.23. The highest BCUT2D eigenvalue weighted by Gasteiger charge is 2.03. The summed E-state index contributed by atoms with van der Waals surface area (Å²) in [6, 6.07) is 6.58. The van der Waals surface area contributed by atoms with Crippen LogP contribution in [-0.2, 0) is 9.53 Å². The van der Waals surface area contributed by atoms with E-state index >= 15 is 0 Å². The Bertz CT molecular complexity index is 593. The van der Waals surface area contributed by atoms with Crippen LogP contribution in [0.4, 0.5) is 4.39 Å². The first-order chi connectivity index (χ1) is 8.20. The molecule has 17 heavy (non-hydrogen) atoms. The molecule has 0 unspecified atom stereocenters. The molecule has 86 valence electrons. The van der Waals surface area contributed by atoms with Gasteiger partial charge in [0, 0.05) is 29.3 Å². The summed E-state index contributed by atoms with van der Waals surface area (Å²) in [5.41, 5.74) is 0.913. The summed E-state index contributed by atoms with van der Waals surface area (Å²) in [5.74, 6) is -0.938. The van der Waals surface area contributed by atoms with Crippen molar-refractivity contribution in [3.63, 3.8) is 0 Å². The molecule has 0 fully saturated rings. The lowest BCUT2D eigenvalue weighted by Gasteiger charge is -2.00. The van der Waals surface area contributed by atoms with Crippen LogP contribution in [0.2, 0.25) is 0 Å². The first-order valence-electron chi connectivity index (χ1n) is 5.01. The number of rotatable bonds is 2. The Labute approximate surface area is 97.5 Å². The number of aromatic nitrogens is 1. The van der Waals surface area contributed by atoms with Gasteiger partial charge in [0.2, 0.25) is 0 Å². The average Bonchev–Trinajstić information content (AvgIpc) is 2.35. The quantitative estimate of drug-likeness (QED) is 0.589. The maximum atomic E-state index is 13.6. The van der Waals surface area contributed by atoms with Crippen LogP contribution in [-0.4, -0.2) is 18.1 Å². The molecule has 1 aromatic heterocycles. The summed E-state index contributed by atoms with van der Waals surface area (Å²) in [6.07, 6.45) is 4.17. The molecule has 0 N–H and O–H groups in total. The summed E-state index contributed by atoms with van der Waals surface area (Å²) in [5, 5.41) is 0.818. The number of benzene rings is 1. The number of pyridine rings is 1. The number of fused-ring (bicyclic) bond motifs is 1. The minimum Gasteiger partial charge on any atom is -0.466 e. The fourth-order valence-corrected chi connectivity index (χ4v) is 1.47. The predicted molar refractivity (Wildman–Crippen MR) is 62.8 cm³/mol. The van der Waals surface area contributed by atoms with E-state index in [2.05, 4.69) is 9.72 Å². The first kappa shape index (κ1) is 11.3. The number of ether oxygens (including phenoxy) is 1. The van der Waals surface area contributed by atoms with E-state index in [0.29, 0.717) is 11.1 Å². The molecule has 3 nitrogen and oxygen atoms in total. The molecule has 0 aliphatic rings. The highest BCUT2D eigenvalue weighted by molar-refractivity contribution is 5.88. The van der Waals surface area contributed by atoms with E-state index in [1.165, 1.54) is 25.3 Å². The molecule has 0 radical (unpaired) electrons. The standard InChI is InChI=1S/C13H10FNO2/c1-17-13(16)5-4-9-7-10-3-2-6-15-12(10)8-11(9)14/h2-8H,1H3. The van der Waals surface area contributed by atoms with Gasteiger partial charge in [-0.1, -0.05) is 6.07 Å². The van der Waals surface area contributed by atoms with Crippen molar-refractivity contribution >= 4 is 22.9 Å². The van der Waals surface area contributed by atoms with Crippen LogP contribution >= 0.6 is 0 Å². The van der Waals surface area contributed by atoms with Crippen molar-refractivity contribution in [2.45, 2.75) is 0 Å². The largest absolute Gasteiger partial charge is 0.466 e. The monoisotopic (exact) mass is 231 g/mol. The Morgan fingerprint density at radius 1 is 1.47 bits per heavy atom. The number of nitrogens with zero attached hydrogens (tertiary/aromatic N) is 1. The fourth-order valence-electron chi connectivity index (χ4n) is 1.47. The van der Waals surface area contributed by atoms with Crippen molar-refractivity contribution in [1.82, 2.24) is 4.98 Å². The van der Waals surface area contributed by atoms with Gasteiger partial charge in [-0.25, -0.2) is 9.18 Å². The molecule has 1 aromatic carbocycles. The van der Waals surface area contributed by atoms with Gasteiger partial charge in [-0.15, -0.1) is 0 Å². The van der Waals surface area contributed by atoms with Crippen LogP contribution in [0.1, 0.15) is 5.56 Å². The molecule has 4 heteroatoms. The van der Waals surface area contributed by atoms with Crippen molar-refractivity contribution in [2.24, 2.45) is 0 Å². The second-order valence-corrected chi connectivity index (χ2v) is 3.43. The third kappa shape index (κ3) is 2.47. The van der Waals surface area contributed by atoms with Crippen molar-refractivity contribution in [1.29, 1.82) is 0 Å². The van der Waals surface area contributed by atoms with Crippen LogP contribution < -0.4 is 0 Å². The Morgan fingerprint density at radius 3 is 3.06 bits per heavy atom. The number of esters is 1. The van der Waals surface area contributed by atoms with E-state index in [1.807, 2.05) is 6.07 Å². The minimum absolute atomic E-state index is 0.330. The van der Waals surface area contributed by atoms with E-state index < -0.39 is 11.8 Å². The van der Waals surface area contributed by atoms with E-state index in [-0.39, 0.29) is 0 Å². The Kier molecular flexibility index (Phi) is 3.14. The van der Waals surface area contributed by atoms with Gasteiger partial charge >= 0.3 is 5.97 Å². The SMILES string of the molecule is COC(=O)C=Cc1cc2cccnc2cc1F. The lowest BCUT2D eigenvalue weighted by molar-refractivity contribution is -0.134. The molecule has 1 heterocycles. The van der Waals surface area contributed by atoms with E-state index in [9.17, 15) is 9.18 Å². The van der Waals surface area contributed by atoms with Gasteiger partial charge in [-0.05, 0) is 18.2 Å². The molecular formula is C13H10FNO2. The van der Waals surface area contributed by atoms with E-state index in [1.54, 1.807) is 18.3 Å². The van der Waals surface area contributed by atoms with Gasteiger partial charge in [0.05, 0.1) is 12.6 Å². The normalized spacial score (nSPS) is 10.9. The molecule has 2 aromatic rings. The molecule has 0 atom stereocenters. The van der Waals surface area contributed by atoms with Gasteiger partial charge in [0.15, 0.2) is 0 Å². The maximum Gasteiger partial charge on any atom is 0.330 e. The molecule has 0 aliphatic heterocycles. The van der Waals surface area contributed by atoms with Gasteiger partial charge < -0.3 is 4.74 Å². The summed E-state index contributed by atoms with van der Waals surface area (Å²) in [7, 11) is 1.27. The molecule has 2 rings (SSSR count). The minimum atomic E-state index is -0.518. The summed E-state index contributed by atoms with van der Waals surface area (Å²) >= 11 is 0. The maximum absolute atomic E-state index is 13.6. The van der Waals surface area contributed by atoms with Crippen molar-refractivity contribution in [3.05, 3.63) is 47.9 Å². The Balaban J connectivity index is 2.44. The molecule has 0 aliphatic carbocycles. The van der Waals surface area contributed by atoms with Crippen LogP contribution in [0.15, 0.2) is 36.5 Å². The number of halogens is 1. The average molecular weight is 231 g/mol. The summed E-state index contributed by atoms with van der Waals surface area (Å²) in [6.45, 7) is 0. The van der Waals surface area contributed by atoms with Crippen LogP contribution in [0, 0.1) is 5.82 Å². The zero-order valence-electron chi connectivity index (χ0n) is 9.18. The van der Waals surface area contributed by atoms with E-state index in [0.717, 1.165) is 5.39 Å². The third-order valence-electron chi connectivity index (χ3n) is 2.32. The lowest BCUT2D eigenvalue weighted by Crippen LogP contribution is -1.94. The number of methoxy groups -OCH3 is 1. The Morgan fingerprint density at radius 2 is 2.29 bits per heavy atom. The van der Waals surface area contributed by atoms with Crippen molar-refractivity contribution in [3.8, 4) is 0 Å². The fraction of sp³-hybridized carbons (Fsp3) is 0.0769. The van der Waals surface area contributed by atoms with Gasteiger partial charge in [0.25, 0.3) is 0 Å². The van der Waals surface area contributed by atoms with Crippen LogP contribution in [0.25, 0.3) is 17.0 Å². The molecule has 0 amide bonds. The van der Waals surface area contributed by atoms with Crippen LogP contribution in [0.3, 0.4) is 0 Å². The van der Waals surface area contributed by atoms with Gasteiger partial charge in [-0.2, -0.15) is 0 Å². The second kappa shape index (κ2) is 4.74. The zero-order valence-corrected chi connectivity index (χ0v) is 9.18. The predicted octanol–water partition coefficient (Wildman–Crippen LogP) is 2.56. The topological polar surface area (TPSA) is 39.2 Å². The lowest BCUT2D eigenvalue weighted by atomic mass is 10.1. The van der Waals surface area contributed by atoms with Gasteiger partial charge in [-0.3, -0.25) is 4.98 Å². The molecule has 0 bridgehead atoms. The number of carbonyl (C=O) groups is 1.